The zero-order valence-electron chi connectivity index (χ0n) is 15.0. The third-order valence-electron chi connectivity index (χ3n) is 4.06. The molecule has 0 radical (unpaired) electrons. The van der Waals surface area contributed by atoms with Gasteiger partial charge in [0.2, 0.25) is 5.82 Å². The molecular formula is C18H14F3N3O5. The molecule has 0 N–H and O–H groups in total. The number of imidazole rings is 1. The van der Waals surface area contributed by atoms with Gasteiger partial charge >= 0.3 is 12.1 Å². The summed E-state index contributed by atoms with van der Waals surface area (Å²) in [5.74, 6) is -1.94. The predicted octanol–water partition coefficient (Wildman–Crippen LogP) is 3.72. The number of non-ortho nitro benzene ring substituents is 1. The molecule has 1 heterocycles. The number of aromatic nitrogens is 2. The van der Waals surface area contributed by atoms with Gasteiger partial charge in [0.05, 0.1) is 23.1 Å². The summed E-state index contributed by atoms with van der Waals surface area (Å²) in [6.45, 7) is -1.13. The van der Waals surface area contributed by atoms with Crippen molar-refractivity contribution in [1.29, 1.82) is 0 Å². The Morgan fingerprint density at radius 2 is 1.97 bits per heavy atom. The summed E-state index contributed by atoms with van der Waals surface area (Å²) in [4.78, 5) is 26.0. The number of hydrogen-bond donors (Lipinski definition) is 0. The van der Waals surface area contributed by atoms with E-state index in [0.29, 0.717) is 0 Å². The number of para-hydroxylation sites is 2. The first-order chi connectivity index (χ1) is 13.7. The minimum Gasteiger partial charge on any atom is -0.496 e. The fourth-order valence-electron chi connectivity index (χ4n) is 2.78. The first-order valence-corrected chi connectivity index (χ1v) is 8.20. The third kappa shape index (κ3) is 4.28. The molecule has 11 heteroatoms. The van der Waals surface area contributed by atoms with Gasteiger partial charge < -0.3 is 14.0 Å². The number of rotatable bonds is 6. The van der Waals surface area contributed by atoms with Gasteiger partial charge in [-0.25, -0.2) is 4.98 Å². The number of nitro benzene ring substituents is 1. The van der Waals surface area contributed by atoms with E-state index in [0.717, 1.165) is 4.57 Å². The molecule has 0 unspecified atom stereocenters. The number of hydrogen-bond acceptors (Lipinski definition) is 6. The maximum atomic E-state index is 13.3. The molecule has 3 aromatic rings. The Balaban J connectivity index is 1.82. The number of halogens is 3. The Morgan fingerprint density at radius 3 is 2.62 bits per heavy atom. The minimum absolute atomic E-state index is 0.0907. The monoisotopic (exact) mass is 409 g/mol. The predicted molar refractivity (Wildman–Crippen MR) is 94.2 cm³/mol. The van der Waals surface area contributed by atoms with Crippen molar-refractivity contribution in [3.63, 3.8) is 0 Å². The zero-order valence-corrected chi connectivity index (χ0v) is 15.0. The van der Waals surface area contributed by atoms with Crippen LogP contribution in [0, 0.1) is 10.1 Å². The van der Waals surface area contributed by atoms with Crippen LogP contribution >= 0.6 is 0 Å². The van der Waals surface area contributed by atoms with Gasteiger partial charge in [0.1, 0.15) is 18.9 Å². The highest BCUT2D eigenvalue weighted by Crippen LogP contribution is 2.31. The van der Waals surface area contributed by atoms with E-state index in [1.54, 1.807) is 0 Å². The summed E-state index contributed by atoms with van der Waals surface area (Å²) in [5, 5.41) is 10.9. The Labute approximate surface area is 161 Å². The molecule has 1 aromatic heterocycles. The number of carbonyl (C=O) groups is 1. The van der Waals surface area contributed by atoms with E-state index in [9.17, 15) is 28.1 Å². The molecule has 3 rings (SSSR count). The summed E-state index contributed by atoms with van der Waals surface area (Å²) in [6, 6.07) is 9.60. The Bertz CT molecular complexity index is 1080. The van der Waals surface area contributed by atoms with Crippen LogP contribution in [0.25, 0.3) is 11.0 Å². The fourth-order valence-corrected chi connectivity index (χ4v) is 2.78. The van der Waals surface area contributed by atoms with Crippen LogP contribution in [0.4, 0.5) is 18.9 Å². The van der Waals surface area contributed by atoms with E-state index in [1.807, 2.05) is 0 Å². The van der Waals surface area contributed by atoms with E-state index < -0.39 is 36.0 Å². The number of benzene rings is 2. The maximum Gasteiger partial charge on any atom is 0.449 e. The Hall–Kier alpha value is -3.63. The van der Waals surface area contributed by atoms with Gasteiger partial charge in [-0.05, 0) is 18.2 Å². The lowest BCUT2D eigenvalue weighted by Crippen LogP contribution is -2.20. The number of esters is 1. The number of fused-ring (bicyclic) bond motifs is 1. The van der Waals surface area contributed by atoms with Gasteiger partial charge in [-0.3, -0.25) is 14.9 Å². The van der Waals surface area contributed by atoms with E-state index in [4.69, 9.17) is 9.47 Å². The van der Waals surface area contributed by atoms with Crippen LogP contribution < -0.4 is 4.74 Å². The molecule has 29 heavy (non-hydrogen) atoms. The van der Waals surface area contributed by atoms with Crippen molar-refractivity contribution in [1.82, 2.24) is 9.55 Å². The second-order valence-electron chi connectivity index (χ2n) is 5.92. The molecule has 0 aliphatic rings. The molecule has 0 spiro atoms. The molecule has 0 saturated heterocycles. The largest absolute Gasteiger partial charge is 0.496 e. The lowest BCUT2D eigenvalue weighted by molar-refractivity contribution is -0.385. The van der Waals surface area contributed by atoms with Crippen molar-refractivity contribution in [2.24, 2.45) is 0 Å². The molecule has 2 aromatic carbocycles. The summed E-state index contributed by atoms with van der Waals surface area (Å²) in [7, 11) is 1.33. The quantitative estimate of drug-likeness (QED) is 0.350. The van der Waals surface area contributed by atoms with E-state index >= 15 is 0 Å². The Morgan fingerprint density at radius 1 is 1.24 bits per heavy atom. The van der Waals surface area contributed by atoms with Crippen LogP contribution in [-0.2, 0) is 28.9 Å². The van der Waals surface area contributed by atoms with Crippen LogP contribution in [0.1, 0.15) is 11.4 Å². The normalized spacial score (nSPS) is 11.4. The van der Waals surface area contributed by atoms with Crippen LogP contribution in [-0.4, -0.2) is 27.6 Å². The lowest BCUT2D eigenvalue weighted by Gasteiger charge is -2.12. The van der Waals surface area contributed by atoms with Crippen LogP contribution in [0.15, 0.2) is 42.5 Å². The standard InChI is InChI=1S/C18H14F3N3O5/c1-28-15-7-6-12(24(26)27)8-11(15)10-29-16(25)9-23-14-5-3-2-4-13(14)22-17(23)18(19,20)21/h2-8H,9-10H2,1H3. The van der Waals surface area contributed by atoms with Crippen molar-refractivity contribution < 1.29 is 32.4 Å². The van der Waals surface area contributed by atoms with Crippen molar-refractivity contribution in [2.45, 2.75) is 19.3 Å². The highest BCUT2D eigenvalue weighted by atomic mass is 19.4. The first-order valence-electron chi connectivity index (χ1n) is 8.20. The molecule has 8 nitrogen and oxygen atoms in total. The lowest BCUT2D eigenvalue weighted by atomic mass is 10.2. The van der Waals surface area contributed by atoms with Crippen LogP contribution in [0.2, 0.25) is 0 Å². The average molecular weight is 409 g/mol. The minimum atomic E-state index is -4.76. The summed E-state index contributed by atoms with van der Waals surface area (Å²) >= 11 is 0. The van der Waals surface area contributed by atoms with Crippen LogP contribution in [0.3, 0.4) is 0 Å². The van der Waals surface area contributed by atoms with E-state index in [2.05, 4.69) is 4.98 Å². The molecule has 0 aliphatic heterocycles. The molecule has 0 atom stereocenters. The van der Waals surface area contributed by atoms with Gasteiger partial charge in [-0.2, -0.15) is 13.2 Å². The molecular weight excluding hydrogens is 395 g/mol. The maximum absolute atomic E-state index is 13.3. The topological polar surface area (TPSA) is 96.5 Å². The first kappa shape index (κ1) is 20.1. The zero-order chi connectivity index (χ0) is 21.2. The number of nitro groups is 1. The number of methoxy groups -OCH3 is 1. The second-order valence-corrected chi connectivity index (χ2v) is 5.92. The number of nitrogens with zero attached hydrogens (tertiary/aromatic N) is 3. The Kier molecular flexibility index (Phi) is 5.39. The van der Waals surface area contributed by atoms with Crippen molar-refractivity contribution in [2.75, 3.05) is 7.11 Å². The number of carbonyl (C=O) groups excluding carboxylic acids is 1. The molecule has 0 bridgehead atoms. The molecule has 0 aliphatic carbocycles. The fraction of sp³-hybridized carbons (Fsp3) is 0.222. The van der Waals surface area contributed by atoms with Gasteiger partial charge in [0.15, 0.2) is 0 Å². The smallest absolute Gasteiger partial charge is 0.449 e. The van der Waals surface area contributed by atoms with Crippen molar-refractivity contribution in [3.05, 3.63) is 64.0 Å². The molecule has 0 saturated carbocycles. The number of ether oxygens (including phenoxy) is 2. The van der Waals surface area contributed by atoms with Gasteiger partial charge in [-0.15, -0.1) is 0 Å². The van der Waals surface area contributed by atoms with E-state index in [-0.39, 0.29) is 28.0 Å². The van der Waals surface area contributed by atoms with Gasteiger partial charge in [-0.1, -0.05) is 12.1 Å². The van der Waals surface area contributed by atoms with E-state index in [1.165, 1.54) is 49.6 Å². The van der Waals surface area contributed by atoms with Gasteiger partial charge in [0.25, 0.3) is 5.69 Å². The third-order valence-corrected chi connectivity index (χ3v) is 4.06. The molecule has 0 fully saturated rings. The SMILES string of the molecule is COc1ccc([N+](=O)[O-])cc1COC(=O)Cn1c(C(F)(F)F)nc2ccccc21. The highest BCUT2D eigenvalue weighted by Gasteiger charge is 2.38. The summed E-state index contributed by atoms with van der Waals surface area (Å²) in [5.41, 5.74) is 0.191. The summed E-state index contributed by atoms with van der Waals surface area (Å²) in [6.07, 6.45) is -4.76. The van der Waals surface area contributed by atoms with Crippen LogP contribution in [0.5, 0.6) is 5.75 Å². The molecule has 0 amide bonds. The summed E-state index contributed by atoms with van der Waals surface area (Å²) < 4.78 is 50.7. The van der Waals surface area contributed by atoms with Crippen molar-refractivity contribution in [3.8, 4) is 5.75 Å². The molecule has 152 valence electrons. The number of alkyl halides is 3. The van der Waals surface area contributed by atoms with Gasteiger partial charge in [0, 0.05) is 17.7 Å². The van der Waals surface area contributed by atoms with Crippen molar-refractivity contribution >= 4 is 22.7 Å². The second kappa shape index (κ2) is 7.78. The average Bonchev–Trinajstić information content (AvgIpc) is 3.05. The highest BCUT2D eigenvalue weighted by molar-refractivity contribution is 5.79.